The van der Waals surface area contributed by atoms with E-state index in [-0.39, 0.29) is 18.1 Å². The third kappa shape index (κ3) is 5.33. The minimum Gasteiger partial charge on any atom is -0.490 e. The van der Waals surface area contributed by atoms with Gasteiger partial charge in [-0.15, -0.1) is 6.42 Å². The fourth-order valence-electron chi connectivity index (χ4n) is 2.78. The van der Waals surface area contributed by atoms with Crippen molar-refractivity contribution in [2.75, 3.05) is 20.3 Å². The van der Waals surface area contributed by atoms with E-state index in [9.17, 15) is 9.59 Å². The first-order valence-corrected chi connectivity index (χ1v) is 11.1. The number of nitrogens with zero attached hydrogens (tertiary/aromatic N) is 2. The summed E-state index contributed by atoms with van der Waals surface area (Å²) in [5, 5.41) is 9.50. The number of benzene rings is 2. The fourth-order valence-corrected chi connectivity index (χ4v) is 4.34. The van der Waals surface area contributed by atoms with Crippen LogP contribution in [0.25, 0.3) is 6.08 Å². The number of halogens is 1. The summed E-state index contributed by atoms with van der Waals surface area (Å²) in [6.45, 7) is 2.40. The zero-order valence-electron chi connectivity index (χ0n) is 17.3. The van der Waals surface area contributed by atoms with E-state index >= 15 is 0 Å². The summed E-state index contributed by atoms with van der Waals surface area (Å²) in [6.07, 6.45) is 7.03. The highest BCUT2D eigenvalue weighted by molar-refractivity contribution is 9.10. The fraction of sp³-hybridized carbons (Fsp3) is 0.174. The van der Waals surface area contributed by atoms with E-state index in [0.29, 0.717) is 38.3 Å². The molecule has 0 aromatic heterocycles. The van der Waals surface area contributed by atoms with Gasteiger partial charge in [0.05, 0.1) is 27.2 Å². The number of ether oxygens (including phenoxy) is 2. The standard InChI is InChI=1S/C23H19BrN2O5S/c1-4-10-31-20-17(24)11-14(12-18(20)30-5-2)13-19-21(27)26(3)23(32-19)25-16-8-6-15(7-9-16)22(28)29/h1,6-9,11-13H,5,10H2,2-3H3,(H,28,29). The lowest BCUT2D eigenvalue weighted by atomic mass is 10.2. The number of aromatic carboxylic acids is 1. The summed E-state index contributed by atoms with van der Waals surface area (Å²) in [5.74, 6) is 2.23. The highest BCUT2D eigenvalue weighted by Gasteiger charge is 2.30. The average Bonchev–Trinajstić information content (AvgIpc) is 3.01. The highest BCUT2D eigenvalue weighted by Crippen LogP contribution is 2.39. The van der Waals surface area contributed by atoms with Crippen LogP contribution in [0.1, 0.15) is 22.8 Å². The molecular formula is C23H19BrN2O5S. The van der Waals surface area contributed by atoms with Crippen LogP contribution >= 0.6 is 27.7 Å². The van der Waals surface area contributed by atoms with Crippen molar-refractivity contribution in [3.8, 4) is 23.8 Å². The molecule has 1 N–H and O–H groups in total. The quantitative estimate of drug-likeness (QED) is 0.422. The second kappa shape index (κ2) is 10.4. The molecule has 1 saturated heterocycles. The van der Waals surface area contributed by atoms with Crippen LogP contribution in [0.4, 0.5) is 5.69 Å². The number of carbonyl (C=O) groups is 2. The number of rotatable bonds is 7. The molecule has 1 fully saturated rings. The number of likely N-dealkylation sites (N-methyl/N-ethyl adjacent to an activating group) is 1. The molecule has 1 amide bonds. The van der Waals surface area contributed by atoms with Gasteiger partial charge < -0.3 is 14.6 Å². The van der Waals surface area contributed by atoms with Crippen LogP contribution in [0.3, 0.4) is 0 Å². The van der Waals surface area contributed by atoms with Crippen molar-refractivity contribution < 1.29 is 24.2 Å². The van der Waals surface area contributed by atoms with E-state index in [1.165, 1.54) is 28.8 Å². The molecule has 2 aromatic rings. The lowest BCUT2D eigenvalue weighted by Gasteiger charge is -2.13. The molecule has 0 radical (unpaired) electrons. The van der Waals surface area contributed by atoms with Crippen LogP contribution in [0, 0.1) is 12.3 Å². The predicted octanol–water partition coefficient (Wildman–Crippen LogP) is 4.79. The van der Waals surface area contributed by atoms with Gasteiger partial charge in [0, 0.05) is 7.05 Å². The molecule has 0 saturated carbocycles. The molecular weight excluding hydrogens is 496 g/mol. The second-order valence-corrected chi connectivity index (χ2v) is 8.34. The number of hydrogen-bond donors (Lipinski definition) is 1. The number of aliphatic imine (C=N–C) groups is 1. The molecule has 9 heteroatoms. The molecule has 0 unspecified atom stereocenters. The van der Waals surface area contributed by atoms with Crippen LogP contribution in [0.15, 0.2) is 50.8 Å². The van der Waals surface area contributed by atoms with E-state index in [2.05, 4.69) is 26.8 Å². The van der Waals surface area contributed by atoms with Gasteiger partial charge in [0.25, 0.3) is 5.91 Å². The van der Waals surface area contributed by atoms with Gasteiger partial charge >= 0.3 is 5.97 Å². The maximum atomic E-state index is 12.7. The lowest BCUT2D eigenvalue weighted by Crippen LogP contribution is -2.23. The normalized spacial score (nSPS) is 15.8. The maximum absolute atomic E-state index is 12.7. The Balaban J connectivity index is 1.89. The molecule has 0 aliphatic carbocycles. The molecule has 3 rings (SSSR count). The Kier molecular flexibility index (Phi) is 7.62. The van der Waals surface area contributed by atoms with E-state index in [4.69, 9.17) is 21.0 Å². The molecule has 0 bridgehead atoms. The number of carboxylic acid groups (broad SMARTS) is 1. The number of terminal acetylenes is 1. The molecule has 0 spiro atoms. The minimum atomic E-state index is -1.01. The van der Waals surface area contributed by atoms with Crippen molar-refractivity contribution in [3.05, 3.63) is 56.9 Å². The third-order valence-electron chi connectivity index (χ3n) is 4.27. The van der Waals surface area contributed by atoms with Crippen LogP contribution in [-0.2, 0) is 4.79 Å². The van der Waals surface area contributed by atoms with Crippen molar-refractivity contribution in [2.24, 2.45) is 4.99 Å². The van der Waals surface area contributed by atoms with Crippen LogP contribution in [-0.4, -0.2) is 47.3 Å². The summed E-state index contributed by atoms with van der Waals surface area (Å²) in [5.41, 5.74) is 1.46. The summed E-state index contributed by atoms with van der Waals surface area (Å²) in [4.78, 5) is 30.2. The summed E-state index contributed by atoms with van der Waals surface area (Å²) < 4.78 is 11.9. The van der Waals surface area contributed by atoms with Crippen molar-refractivity contribution in [1.29, 1.82) is 0 Å². The predicted molar refractivity (Wildman–Crippen MR) is 128 cm³/mol. The number of amidine groups is 1. The number of hydrogen-bond acceptors (Lipinski definition) is 6. The Morgan fingerprint density at radius 3 is 2.66 bits per heavy atom. The largest absolute Gasteiger partial charge is 0.490 e. The number of thioether (sulfide) groups is 1. The van der Waals surface area contributed by atoms with E-state index < -0.39 is 5.97 Å². The van der Waals surface area contributed by atoms with Gasteiger partial charge in [-0.2, -0.15) is 0 Å². The van der Waals surface area contributed by atoms with Crippen LogP contribution < -0.4 is 9.47 Å². The number of carboxylic acids is 1. The van der Waals surface area contributed by atoms with E-state index in [0.717, 1.165) is 5.56 Å². The maximum Gasteiger partial charge on any atom is 0.335 e. The molecule has 164 valence electrons. The monoisotopic (exact) mass is 514 g/mol. The van der Waals surface area contributed by atoms with Gasteiger partial charge in [0.1, 0.15) is 6.61 Å². The van der Waals surface area contributed by atoms with Gasteiger partial charge in [-0.25, -0.2) is 9.79 Å². The molecule has 1 aliphatic rings. The molecule has 32 heavy (non-hydrogen) atoms. The Hall–Kier alpha value is -3.22. The van der Waals surface area contributed by atoms with E-state index in [1.807, 2.05) is 13.0 Å². The van der Waals surface area contributed by atoms with Gasteiger partial charge in [-0.3, -0.25) is 9.69 Å². The van der Waals surface area contributed by atoms with Gasteiger partial charge in [0.15, 0.2) is 16.7 Å². The highest BCUT2D eigenvalue weighted by atomic mass is 79.9. The number of amides is 1. The Morgan fingerprint density at radius 1 is 1.31 bits per heavy atom. The Bertz CT molecular complexity index is 1150. The lowest BCUT2D eigenvalue weighted by molar-refractivity contribution is -0.121. The van der Waals surface area contributed by atoms with Crippen LogP contribution in [0.5, 0.6) is 11.5 Å². The Labute approximate surface area is 198 Å². The minimum absolute atomic E-state index is 0.103. The topological polar surface area (TPSA) is 88.4 Å². The zero-order chi connectivity index (χ0) is 23.3. The molecule has 1 aliphatic heterocycles. The zero-order valence-corrected chi connectivity index (χ0v) is 19.7. The van der Waals surface area contributed by atoms with Crippen molar-refractivity contribution >= 4 is 56.5 Å². The number of carbonyl (C=O) groups excluding carboxylic acids is 1. The first-order valence-electron chi connectivity index (χ1n) is 9.46. The van der Waals surface area contributed by atoms with E-state index in [1.54, 1.807) is 31.3 Å². The van der Waals surface area contributed by atoms with Crippen LogP contribution in [0.2, 0.25) is 0 Å². The molecule has 2 aromatic carbocycles. The summed E-state index contributed by atoms with van der Waals surface area (Å²) in [6, 6.07) is 9.72. The summed E-state index contributed by atoms with van der Waals surface area (Å²) in [7, 11) is 1.64. The smallest absolute Gasteiger partial charge is 0.335 e. The van der Waals surface area contributed by atoms with Gasteiger partial charge in [-0.05, 0) is 82.7 Å². The third-order valence-corrected chi connectivity index (χ3v) is 5.92. The molecule has 1 heterocycles. The van der Waals surface area contributed by atoms with Crippen molar-refractivity contribution in [3.63, 3.8) is 0 Å². The Morgan fingerprint density at radius 2 is 2.03 bits per heavy atom. The van der Waals surface area contributed by atoms with Gasteiger partial charge in [0.2, 0.25) is 0 Å². The first-order chi connectivity index (χ1) is 15.3. The summed E-state index contributed by atoms with van der Waals surface area (Å²) >= 11 is 4.70. The SMILES string of the molecule is C#CCOc1c(Br)cc(C=C2SC(=Nc3ccc(C(=O)O)cc3)N(C)C2=O)cc1OCC. The van der Waals surface area contributed by atoms with Crippen molar-refractivity contribution in [2.45, 2.75) is 6.92 Å². The molecule has 7 nitrogen and oxygen atoms in total. The second-order valence-electron chi connectivity index (χ2n) is 6.48. The first kappa shape index (κ1) is 23.4. The molecule has 0 atom stereocenters. The average molecular weight is 515 g/mol. The van der Waals surface area contributed by atoms with Crippen molar-refractivity contribution in [1.82, 2.24) is 4.90 Å². The van der Waals surface area contributed by atoms with Gasteiger partial charge in [-0.1, -0.05) is 5.92 Å².